The van der Waals surface area contributed by atoms with Crippen LogP contribution in [0.2, 0.25) is 0 Å². The second-order valence-corrected chi connectivity index (χ2v) is 5.36. The number of fused-ring (bicyclic) bond motifs is 1. The van der Waals surface area contributed by atoms with E-state index >= 15 is 0 Å². The topological polar surface area (TPSA) is 75.1 Å². The van der Waals surface area contributed by atoms with Crippen molar-refractivity contribution in [1.82, 2.24) is 24.9 Å². The summed E-state index contributed by atoms with van der Waals surface area (Å²) in [6.07, 6.45) is 3.37. The van der Waals surface area contributed by atoms with Crippen molar-refractivity contribution in [3.8, 4) is 22.6 Å². The van der Waals surface area contributed by atoms with Gasteiger partial charge in [0, 0.05) is 13.2 Å². The minimum Gasteiger partial charge on any atom is -0.355 e. The van der Waals surface area contributed by atoms with Crippen LogP contribution in [0.5, 0.6) is 0 Å². The molecule has 0 spiro atoms. The second kappa shape index (κ2) is 5.66. The number of carbonyl (C=O) groups excluding carboxylic acids is 1. The molecule has 4 rings (SSSR count). The van der Waals surface area contributed by atoms with Crippen molar-refractivity contribution < 1.29 is 4.79 Å². The van der Waals surface area contributed by atoms with E-state index in [9.17, 15) is 4.79 Å². The molecule has 0 aliphatic carbocycles. The number of hydrogen-bond acceptors (Lipinski definition) is 3. The van der Waals surface area contributed by atoms with Gasteiger partial charge in [-0.3, -0.25) is 4.79 Å². The van der Waals surface area contributed by atoms with Gasteiger partial charge in [-0.2, -0.15) is 5.10 Å². The van der Waals surface area contributed by atoms with E-state index in [-0.39, 0.29) is 5.91 Å². The van der Waals surface area contributed by atoms with Crippen LogP contribution in [0.4, 0.5) is 0 Å². The Morgan fingerprint density at radius 2 is 2.00 bits per heavy atom. The Morgan fingerprint density at radius 3 is 2.79 bits per heavy atom. The summed E-state index contributed by atoms with van der Waals surface area (Å²) in [5.74, 6) is -0.142. The lowest BCUT2D eigenvalue weighted by molar-refractivity contribution is 0.0964. The van der Waals surface area contributed by atoms with Gasteiger partial charge in [0.15, 0.2) is 0 Å². The Labute approximate surface area is 138 Å². The first-order valence-corrected chi connectivity index (χ1v) is 7.57. The Kier molecular flexibility index (Phi) is 3.35. The average Bonchev–Trinajstić information content (AvgIpc) is 3.28. The summed E-state index contributed by atoms with van der Waals surface area (Å²) in [4.78, 5) is 20.0. The van der Waals surface area contributed by atoms with Crippen LogP contribution >= 0.6 is 0 Å². The van der Waals surface area contributed by atoms with Gasteiger partial charge >= 0.3 is 0 Å². The van der Waals surface area contributed by atoms with E-state index in [2.05, 4.69) is 20.4 Å². The summed E-state index contributed by atoms with van der Waals surface area (Å²) in [7, 11) is 1.62. The van der Waals surface area contributed by atoms with Crippen LogP contribution in [0.25, 0.3) is 28.2 Å². The number of nitrogens with zero attached hydrogens (tertiary/aromatic N) is 3. The molecule has 6 heteroatoms. The molecule has 3 heterocycles. The first-order valence-electron chi connectivity index (χ1n) is 7.57. The monoisotopic (exact) mass is 317 g/mol. The van der Waals surface area contributed by atoms with Crippen LogP contribution < -0.4 is 5.32 Å². The summed E-state index contributed by atoms with van der Waals surface area (Å²) >= 11 is 0. The Bertz CT molecular complexity index is 1020. The van der Waals surface area contributed by atoms with Gasteiger partial charge in [-0.05, 0) is 23.8 Å². The first-order chi connectivity index (χ1) is 11.8. The molecule has 1 aromatic carbocycles. The van der Waals surface area contributed by atoms with Crippen molar-refractivity contribution in [3.63, 3.8) is 0 Å². The molecule has 4 aromatic rings. The number of aromatic amines is 1. The molecule has 0 bridgehead atoms. The molecular weight excluding hydrogens is 302 g/mol. The zero-order valence-electron chi connectivity index (χ0n) is 13.0. The highest BCUT2D eigenvalue weighted by molar-refractivity contribution is 6.02. The number of carbonyl (C=O) groups is 1. The predicted molar refractivity (Wildman–Crippen MR) is 91.6 cm³/mol. The quantitative estimate of drug-likeness (QED) is 0.610. The van der Waals surface area contributed by atoms with E-state index in [0.717, 1.165) is 28.2 Å². The van der Waals surface area contributed by atoms with E-state index in [1.807, 2.05) is 54.7 Å². The molecule has 0 fully saturated rings. The highest BCUT2D eigenvalue weighted by atomic mass is 16.1. The zero-order valence-corrected chi connectivity index (χ0v) is 13.0. The minimum atomic E-state index is -0.142. The fraction of sp³-hybridized carbons (Fsp3) is 0.0556. The number of nitrogens with one attached hydrogen (secondary N) is 2. The molecule has 0 atom stereocenters. The average molecular weight is 317 g/mol. The van der Waals surface area contributed by atoms with Crippen molar-refractivity contribution in [2.45, 2.75) is 0 Å². The molecule has 0 radical (unpaired) electrons. The highest BCUT2D eigenvalue weighted by Gasteiger charge is 2.18. The van der Waals surface area contributed by atoms with Gasteiger partial charge in [0.1, 0.15) is 12.0 Å². The van der Waals surface area contributed by atoms with Crippen LogP contribution in [0.3, 0.4) is 0 Å². The molecule has 0 saturated heterocycles. The van der Waals surface area contributed by atoms with Crippen molar-refractivity contribution in [2.24, 2.45) is 0 Å². The molecule has 3 aromatic heterocycles. The highest BCUT2D eigenvalue weighted by Crippen LogP contribution is 2.29. The molecule has 0 unspecified atom stereocenters. The Hall–Kier alpha value is -3.41. The summed E-state index contributed by atoms with van der Waals surface area (Å²) in [5, 5.41) is 6.87. The molecule has 0 aliphatic rings. The SMILES string of the molecule is CNC(=O)c1cc(-c2ncnn3cccc23)[nH]c1-c1ccccc1. The largest absolute Gasteiger partial charge is 0.355 e. The number of H-pyrrole nitrogens is 1. The van der Waals surface area contributed by atoms with Gasteiger partial charge in [0.2, 0.25) is 0 Å². The Balaban J connectivity index is 1.93. The lowest BCUT2D eigenvalue weighted by Crippen LogP contribution is -2.17. The zero-order chi connectivity index (χ0) is 16.5. The van der Waals surface area contributed by atoms with E-state index in [4.69, 9.17) is 0 Å². The lowest BCUT2D eigenvalue weighted by Gasteiger charge is -2.03. The van der Waals surface area contributed by atoms with Crippen LogP contribution in [-0.2, 0) is 0 Å². The van der Waals surface area contributed by atoms with Crippen molar-refractivity contribution in [2.75, 3.05) is 7.05 Å². The van der Waals surface area contributed by atoms with E-state index < -0.39 is 0 Å². The summed E-state index contributed by atoms with van der Waals surface area (Å²) in [6.45, 7) is 0. The van der Waals surface area contributed by atoms with Crippen LogP contribution in [-0.4, -0.2) is 32.5 Å². The number of amides is 1. The molecule has 24 heavy (non-hydrogen) atoms. The molecule has 1 amide bonds. The third-order valence-electron chi connectivity index (χ3n) is 3.94. The smallest absolute Gasteiger partial charge is 0.253 e. The van der Waals surface area contributed by atoms with Gasteiger partial charge in [0.25, 0.3) is 5.91 Å². The summed E-state index contributed by atoms with van der Waals surface area (Å²) in [5.41, 5.74) is 4.71. The maximum atomic E-state index is 12.3. The van der Waals surface area contributed by atoms with Crippen molar-refractivity contribution in [1.29, 1.82) is 0 Å². The molecule has 0 saturated carbocycles. The normalized spacial score (nSPS) is 10.9. The fourth-order valence-corrected chi connectivity index (χ4v) is 2.80. The van der Waals surface area contributed by atoms with Crippen molar-refractivity contribution >= 4 is 11.4 Å². The van der Waals surface area contributed by atoms with E-state index in [1.165, 1.54) is 6.33 Å². The Morgan fingerprint density at radius 1 is 1.17 bits per heavy atom. The molecule has 0 aliphatic heterocycles. The number of rotatable bonds is 3. The van der Waals surface area contributed by atoms with Gasteiger partial charge in [0.05, 0.1) is 22.5 Å². The number of hydrogen-bond donors (Lipinski definition) is 2. The van der Waals surface area contributed by atoms with Crippen molar-refractivity contribution in [3.05, 3.63) is 66.6 Å². The molecule has 118 valence electrons. The van der Waals surface area contributed by atoms with Gasteiger partial charge in [-0.15, -0.1) is 0 Å². The van der Waals surface area contributed by atoms with E-state index in [1.54, 1.807) is 11.6 Å². The standard InChI is InChI=1S/C18H15N5O/c1-19-18(24)13-10-14(22-16(13)12-6-3-2-4-7-12)17-15-8-5-9-23(15)21-11-20-17/h2-11,22H,1H3,(H,19,24). The number of benzene rings is 1. The molecule has 6 nitrogen and oxygen atoms in total. The molecular formula is C18H15N5O. The predicted octanol–water partition coefficient (Wildman–Crippen LogP) is 2.75. The third kappa shape index (κ3) is 2.25. The fourth-order valence-electron chi connectivity index (χ4n) is 2.80. The summed E-state index contributed by atoms with van der Waals surface area (Å²) < 4.78 is 1.75. The maximum absolute atomic E-state index is 12.3. The number of aromatic nitrogens is 4. The second-order valence-electron chi connectivity index (χ2n) is 5.36. The van der Waals surface area contributed by atoms with Gasteiger partial charge in [-0.1, -0.05) is 30.3 Å². The summed E-state index contributed by atoms with van der Waals surface area (Å²) in [6, 6.07) is 15.5. The van der Waals surface area contributed by atoms with Gasteiger partial charge in [-0.25, -0.2) is 9.50 Å². The maximum Gasteiger partial charge on any atom is 0.253 e. The van der Waals surface area contributed by atoms with Crippen LogP contribution in [0, 0.1) is 0 Å². The third-order valence-corrected chi connectivity index (χ3v) is 3.94. The minimum absolute atomic E-state index is 0.142. The molecule has 2 N–H and O–H groups in total. The van der Waals surface area contributed by atoms with Gasteiger partial charge < -0.3 is 10.3 Å². The van der Waals surface area contributed by atoms with E-state index in [0.29, 0.717) is 5.56 Å². The van der Waals surface area contributed by atoms with Crippen LogP contribution in [0.1, 0.15) is 10.4 Å². The lowest BCUT2D eigenvalue weighted by atomic mass is 10.1. The van der Waals surface area contributed by atoms with Crippen LogP contribution in [0.15, 0.2) is 61.1 Å². The first kappa shape index (κ1) is 14.2.